The fourth-order valence-corrected chi connectivity index (χ4v) is 4.11. The minimum absolute atomic E-state index is 0.562. The molecule has 0 aromatic rings. The second-order valence-electron chi connectivity index (χ2n) is 6.25. The average Bonchev–Trinajstić information content (AvgIpc) is 2.81. The average molecular weight is 230 g/mol. The lowest BCUT2D eigenvalue weighted by Crippen LogP contribution is -2.32. The number of piperidine rings is 1. The summed E-state index contributed by atoms with van der Waals surface area (Å²) in [5.74, 6) is 0.946. The number of hydrogen-bond acceptors (Lipinski definition) is 2. The fourth-order valence-electron chi connectivity index (χ4n) is 4.11. The maximum absolute atomic E-state index is 3.54. The van der Waals surface area contributed by atoms with Crippen molar-refractivity contribution in [2.45, 2.75) is 31.7 Å². The van der Waals surface area contributed by atoms with Gasteiger partial charge in [-0.2, -0.15) is 0 Å². The molecule has 1 saturated carbocycles. The van der Waals surface area contributed by atoms with E-state index in [4.69, 9.17) is 0 Å². The first kappa shape index (κ1) is 10.3. The van der Waals surface area contributed by atoms with Gasteiger partial charge in [0.1, 0.15) is 0 Å². The number of fused-ring (bicyclic) bond motifs is 1. The highest BCUT2D eigenvalue weighted by atomic mass is 15.2. The lowest BCUT2D eigenvalue weighted by Gasteiger charge is -2.28. The van der Waals surface area contributed by atoms with Crippen LogP contribution in [0, 0.1) is 11.3 Å². The zero-order valence-electron chi connectivity index (χ0n) is 10.5. The van der Waals surface area contributed by atoms with Gasteiger partial charge in [-0.15, -0.1) is 0 Å². The van der Waals surface area contributed by atoms with Gasteiger partial charge >= 0.3 is 0 Å². The molecule has 17 heavy (non-hydrogen) atoms. The van der Waals surface area contributed by atoms with Crippen molar-refractivity contribution in [1.29, 1.82) is 0 Å². The van der Waals surface area contributed by atoms with Crippen molar-refractivity contribution < 1.29 is 0 Å². The molecule has 1 N–H and O–H groups in total. The Morgan fingerprint density at radius 2 is 2.18 bits per heavy atom. The minimum Gasteiger partial charge on any atom is -0.316 e. The lowest BCUT2D eigenvalue weighted by atomic mass is 9.89. The summed E-state index contributed by atoms with van der Waals surface area (Å²) in [4.78, 5) is 2.65. The largest absolute Gasteiger partial charge is 0.316 e. The third-order valence-corrected chi connectivity index (χ3v) is 5.32. The Bertz CT molecular complexity index is 378. The van der Waals surface area contributed by atoms with Crippen molar-refractivity contribution in [3.63, 3.8) is 0 Å². The van der Waals surface area contributed by atoms with Crippen LogP contribution in [0.1, 0.15) is 25.7 Å². The van der Waals surface area contributed by atoms with E-state index in [1.165, 1.54) is 51.9 Å². The second kappa shape index (κ2) is 3.69. The summed E-state index contributed by atoms with van der Waals surface area (Å²) in [7, 11) is 0. The Labute approximate surface area is 104 Å². The third-order valence-electron chi connectivity index (χ3n) is 5.32. The molecule has 2 aliphatic heterocycles. The van der Waals surface area contributed by atoms with E-state index in [9.17, 15) is 0 Å². The van der Waals surface area contributed by atoms with Crippen LogP contribution < -0.4 is 5.32 Å². The summed E-state index contributed by atoms with van der Waals surface area (Å²) < 4.78 is 0. The van der Waals surface area contributed by atoms with Crippen LogP contribution in [0.2, 0.25) is 0 Å². The van der Waals surface area contributed by atoms with Crippen LogP contribution in [0.25, 0.3) is 0 Å². The molecule has 1 unspecified atom stereocenters. The highest BCUT2D eigenvalue weighted by Crippen LogP contribution is 2.60. The van der Waals surface area contributed by atoms with E-state index < -0.39 is 0 Å². The molecule has 0 amide bonds. The van der Waals surface area contributed by atoms with Crippen LogP contribution in [0.4, 0.5) is 0 Å². The predicted octanol–water partition coefficient (Wildman–Crippen LogP) is 1.95. The highest BCUT2D eigenvalue weighted by molar-refractivity contribution is 5.39. The molecule has 4 rings (SSSR count). The zero-order chi connectivity index (χ0) is 11.3. The monoisotopic (exact) mass is 230 g/mol. The van der Waals surface area contributed by atoms with Crippen molar-refractivity contribution in [2.75, 3.05) is 26.2 Å². The summed E-state index contributed by atoms with van der Waals surface area (Å²) in [5, 5.41) is 3.54. The van der Waals surface area contributed by atoms with E-state index in [0.29, 0.717) is 11.5 Å². The molecule has 2 saturated heterocycles. The topological polar surface area (TPSA) is 15.3 Å². The first-order chi connectivity index (χ1) is 8.38. The summed E-state index contributed by atoms with van der Waals surface area (Å²) in [6.07, 6.45) is 12.9. The van der Waals surface area contributed by atoms with Crippen molar-refractivity contribution in [3.8, 4) is 0 Å². The molecule has 0 radical (unpaired) electrons. The van der Waals surface area contributed by atoms with Crippen LogP contribution in [-0.4, -0.2) is 37.1 Å². The van der Waals surface area contributed by atoms with E-state index in [0.717, 1.165) is 5.92 Å². The molecular weight excluding hydrogens is 208 g/mol. The lowest BCUT2D eigenvalue weighted by molar-refractivity contribution is 0.282. The summed E-state index contributed by atoms with van der Waals surface area (Å²) >= 11 is 0. The molecule has 2 aliphatic carbocycles. The SMILES string of the molecule is C1=CC(N2CCCC2)CC=C1[C@@]12CNC[C@@H]1C2. The summed E-state index contributed by atoms with van der Waals surface area (Å²) in [6, 6.07) is 0.698. The van der Waals surface area contributed by atoms with Gasteiger partial charge in [0, 0.05) is 18.0 Å². The Hall–Kier alpha value is -0.600. The van der Waals surface area contributed by atoms with Crippen molar-refractivity contribution >= 4 is 0 Å². The molecule has 92 valence electrons. The normalized spacial score (nSPS) is 44.8. The standard InChI is InChI=1S/C15H22N2/c1-2-8-17(7-1)14-5-3-12(4-6-14)15-9-13(15)10-16-11-15/h3-5,13-14,16H,1-2,6-11H2/t13-,14?,15+/m0/s1. The molecule has 0 aromatic heterocycles. The molecular formula is C15H22N2. The van der Waals surface area contributed by atoms with Crippen molar-refractivity contribution in [3.05, 3.63) is 23.8 Å². The van der Waals surface area contributed by atoms with Gasteiger partial charge in [-0.3, -0.25) is 4.90 Å². The number of allylic oxidation sites excluding steroid dienone is 1. The number of hydrogen-bond donors (Lipinski definition) is 1. The molecule has 0 spiro atoms. The van der Waals surface area contributed by atoms with Crippen molar-refractivity contribution in [1.82, 2.24) is 10.2 Å². The second-order valence-corrected chi connectivity index (χ2v) is 6.25. The number of likely N-dealkylation sites (tertiary alicyclic amines) is 1. The van der Waals surface area contributed by atoms with Crippen LogP contribution >= 0.6 is 0 Å². The van der Waals surface area contributed by atoms with E-state index in [2.05, 4.69) is 28.4 Å². The predicted molar refractivity (Wildman–Crippen MR) is 69.8 cm³/mol. The van der Waals surface area contributed by atoms with Gasteiger partial charge in [0.25, 0.3) is 0 Å². The molecule has 3 atom stereocenters. The molecule has 2 heteroatoms. The maximum atomic E-state index is 3.54. The Balaban J connectivity index is 1.46. The van der Waals surface area contributed by atoms with E-state index in [-0.39, 0.29) is 0 Å². The quantitative estimate of drug-likeness (QED) is 0.780. The van der Waals surface area contributed by atoms with Crippen LogP contribution in [-0.2, 0) is 0 Å². The third kappa shape index (κ3) is 1.54. The molecule has 2 heterocycles. The zero-order valence-corrected chi connectivity index (χ0v) is 10.5. The molecule has 4 aliphatic rings. The number of rotatable bonds is 2. The maximum Gasteiger partial charge on any atom is 0.0316 e. The number of nitrogens with zero attached hydrogens (tertiary/aromatic N) is 1. The summed E-state index contributed by atoms with van der Waals surface area (Å²) in [5.41, 5.74) is 2.20. The van der Waals surface area contributed by atoms with Crippen LogP contribution in [0.5, 0.6) is 0 Å². The Morgan fingerprint density at radius 1 is 1.29 bits per heavy atom. The molecule has 0 bridgehead atoms. The van der Waals surface area contributed by atoms with Crippen LogP contribution in [0.15, 0.2) is 23.8 Å². The van der Waals surface area contributed by atoms with E-state index >= 15 is 0 Å². The fraction of sp³-hybridized carbons (Fsp3) is 0.733. The van der Waals surface area contributed by atoms with Gasteiger partial charge < -0.3 is 5.32 Å². The first-order valence-corrected chi connectivity index (χ1v) is 7.22. The van der Waals surface area contributed by atoms with Gasteiger partial charge in [-0.05, 0) is 56.8 Å². The minimum atomic E-state index is 0.562. The first-order valence-electron chi connectivity index (χ1n) is 7.22. The number of nitrogens with one attached hydrogen (secondary N) is 1. The van der Waals surface area contributed by atoms with Gasteiger partial charge in [0.05, 0.1) is 0 Å². The Kier molecular flexibility index (Phi) is 2.25. The van der Waals surface area contributed by atoms with E-state index in [1.54, 1.807) is 5.57 Å². The van der Waals surface area contributed by atoms with Gasteiger partial charge in [-0.1, -0.05) is 18.2 Å². The highest BCUT2D eigenvalue weighted by Gasteiger charge is 2.58. The molecule has 2 nitrogen and oxygen atoms in total. The van der Waals surface area contributed by atoms with Gasteiger partial charge in [0.2, 0.25) is 0 Å². The van der Waals surface area contributed by atoms with Gasteiger partial charge in [-0.25, -0.2) is 0 Å². The van der Waals surface area contributed by atoms with Crippen molar-refractivity contribution in [2.24, 2.45) is 11.3 Å². The molecule has 0 aromatic carbocycles. The Morgan fingerprint density at radius 3 is 2.76 bits per heavy atom. The van der Waals surface area contributed by atoms with E-state index in [1.807, 2.05) is 0 Å². The summed E-state index contributed by atoms with van der Waals surface area (Å²) in [6.45, 7) is 5.10. The smallest absolute Gasteiger partial charge is 0.0316 e. The van der Waals surface area contributed by atoms with Gasteiger partial charge in [0.15, 0.2) is 0 Å². The van der Waals surface area contributed by atoms with Crippen LogP contribution in [0.3, 0.4) is 0 Å². The molecule has 3 fully saturated rings.